The van der Waals surface area contributed by atoms with Crippen LogP contribution in [0.5, 0.6) is 0 Å². The van der Waals surface area contributed by atoms with E-state index in [4.69, 9.17) is 23.2 Å². The van der Waals surface area contributed by atoms with Crippen molar-refractivity contribution in [2.45, 2.75) is 45.2 Å². The van der Waals surface area contributed by atoms with E-state index in [0.717, 1.165) is 18.4 Å². The van der Waals surface area contributed by atoms with Crippen LogP contribution in [0.2, 0.25) is 10.0 Å². The van der Waals surface area contributed by atoms with Gasteiger partial charge in [-0.15, -0.1) is 5.53 Å². The van der Waals surface area contributed by atoms with E-state index in [1.807, 2.05) is 47.7 Å². The number of hydrogen-bond acceptors (Lipinski definition) is 8. The van der Waals surface area contributed by atoms with Gasteiger partial charge in [-0.3, -0.25) is 15.0 Å². The summed E-state index contributed by atoms with van der Waals surface area (Å²) in [6.07, 6.45) is 8.99. The molecular formula is C32H32Cl2N8. The molecule has 0 amide bonds. The zero-order valence-electron chi connectivity index (χ0n) is 24.6. The maximum atomic E-state index is 9.90. The van der Waals surface area contributed by atoms with Crippen LogP contribution in [0.15, 0.2) is 79.0 Å². The van der Waals surface area contributed by atoms with E-state index in [0.29, 0.717) is 55.7 Å². The van der Waals surface area contributed by atoms with Gasteiger partial charge in [0.1, 0.15) is 6.07 Å². The molecule has 1 aliphatic carbocycles. The molecule has 214 valence electrons. The molecule has 1 saturated carbocycles. The molecule has 42 heavy (non-hydrogen) atoms. The van der Waals surface area contributed by atoms with Gasteiger partial charge in [0, 0.05) is 47.4 Å². The number of benzene rings is 2. The molecule has 0 radical (unpaired) electrons. The third-order valence-electron chi connectivity index (χ3n) is 7.48. The summed E-state index contributed by atoms with van der Waals surface area (Å²) in [5, 5.41) is 20.2. The minimum absolute atomic E-state index is 0.0312. The number of nitrogens with zero attached hydrogens (tertiary/aromatic N) is 4. The van der Waals surface area contributed by atoms with Crippen LogP contribution in [0.1, 0.15) is 57.7 Å². The van der Waals surface area contributed by atoms with Gasteiger partial charge < -0.3 is 16.1 Å². The first-order valence-electron chi connectivity index (χ1n) is 14.3. The molecule has 1 fully saturated rings. The molecule has 0 spiro atoms. The lowest BCUT2D eigenvalue weighted by Gasteiger charge is -2.27. The Bertz CT molecular complexity index is 1760. The highest BCUT2D eigenvalue weighted by Gasteiger charge is 2.51. The maximum absolute atomic E-state index is 9.90. The number of halogens is 2. The number of aromatic nitrogens is 2. The van der Waals surface area contributed by atoms with E-state index < -0.39 is 6.02 Å². The Kier molecular flexibility index (Phi) is 7.02. The van der Waals surface area contributed by atoms with Gasteiger partial charge >= 0.3 is 0 Å². The van der Waals surface area contributed by atoms with Crippen LogP contribution in [0.3, 0.4) is 0 Å². The number of rotatable bonds is 8. The molecule has 2 aliphatic rings. The highest BCUT2D eigenvalue weighted by molar-refractivity contribution is 6.36. The van der Waals surface area contributed by atoms with Crippen LogP contribution >= 0.6 is 23.2 Å². The maximum Gasteiger partial charge on any atom is 0.103 e. The van der Waals surface area contributed by atoms with Crippen molar-refractivity contribution < 1.29 is 1.37 Å². The van der Waals surface area contributed by atoms with E-state index in [-0.39, 0.29) is 11.0 Å². The summed E-state index contributed by atoms with van der Waals surface area (Å²) in [6.45, 7) is 6.99. The standard InChI is InChI=1S/C32H32Cl2N8/c1-31(2,3)19-38-28-20(15-35)16-37-29-24(28)13-22(14-26(29)34)39-30(23-8-4-5-9-25(23)33)27-18-42(41-40-27)32(10-11-32)21-7-6-12-36-17-21/h4-9,12-14,16-18,30,39-41H,10-11,19H2,1-3H3,(H,37,38)/t30-/m1/s1/i30D. The number of nitrogens with one attached hydrogen (secondary N) is 4. The van der Waals surface area contributed by atoms with Gasteiger partial charge in [-0.2, -0.15) is 5.26 Å². The van der Waals surface area contributed by atoms with E-state index in [1.54, 1.807) is 18.3 Å². The molecule has 1 atom stereocenters. The Balaban J connectivity index is 1.44. The molecule has 4 N–H and O–H groups in total. The van der Waals surface area contributed by atoms with E-state index >= 15 is 0 Å². The van der Waals surface area contributed by atoms with Crippen LogP contribution < -0.4 is 21.6 Å². The third kappa shape index (κ3) is 5.43. The SMILES string of the molecule is [2H][C@](Nc1cc(Cl)c2ncc(C#N)c(NCC(C)(C)C)c2c1)(C1=CN(C2(c3cccnc3)CC2)NN1)c1ccccc1Cl. The fourth-order valence-corrected chi connectivity index (χ4v) is 5.64. The molecule has 4 aromatic rings. The van der Waals surface area contributed by atoms with E-state index in [1.165, 1.54) is 6.20 Å². The van der Waals surface area contributed by atoms with Crippen molar-refractivity contribution in [2.24, 2.45) is 5.41 Å². The van der Waals surface area contributed by atoms with Crippen molar-refractivity contribution in [3.8, 4) is 6.07 Å². The quantitative estimate of drug-likeness (QED) is 0.168. The molecule has 0 saturated heterocycles. The predicted octanol–water partition coefficient (Wildman–Crippen LogP) is 7.27. The lowest BCUT2D eigenvalue weighted by atomic mass is 9.96. The van der Waals surface area contributed by atoms with Crippen LogP contribution in [-0.4, -0.2) is 21.5 Å². The fraction of sp³-hybridized carbons (Fsp3) is 0.281. The first-order chi connectivity index (χ1) is 20.5. The molecule has 8 nitrogen and oxygen atoms in total. The van der Waals surface area contributed by atoms with Gasteiger partial charge in [0.05, 0.1) is 40.4 Å². The molecule has 6 rings (SSSR count). The van der Waals surface area contributed by atoms with Gasteiger partial charge in [-0.05, 0) is 53.6 Å². The summed E-state index contributed by atoms with van der Waals surface area (Å²) in [5.41, 5.74) is 10.6. The second-order valence-electron chi connectivity index (χ2n) is 11.8. The lowest BCUT2D eigenvalue weighted by Crippen LogP contribution is -2.43. The number of nitriles is 1. The monoisotopic (exact) mass is 599 g/mol. The number of fused-ring (bicyclic) bond motifs is 1. The highest BCUT2D eigenvalue weighted by Crippen LogP contribution is 2.51. The molecular weight excluding hydrogens is 567 g/mol. The van der Waals surface area contributed by atoms with Crippen molar-refractivity contribution in [2.75, 3.05) is 17.2 Å². The van der Waals surface area contributed by atoms with Crippen LogP contribution in [-0.2, 0) is 5.54 Å². The fourth-order valence-electron chi connectivity index (χ4n) is 5.15. The van der Waals surface area contributed by atoms with E-state index in [2.05, 4.69) is 64.5 Å². The van der Waals surface area contributed by atoms with Crippen LogP contribution in [0.4, 0.5) is 11.4 Å². The number of anilines is 2. The zero-order chi connectivity index (χ0) is 30.4. The largest absolute Gasteiger partial charge is 0.383 e. The first-order valence-corrected chi connectivity index (χ1v) is 14.5. The summed E-state index contributed by atoms with van der Waals surface area (Å²) in [5.74, 6) is 0. The Morgan fingerprint density at radius 3 is 2.64 bits per heavy atom. The summed E-state index contributed by atoms with van der Waals surface area (Å²) < 4.78 is 9.90. The summed E-state index contributed by atoms with van der Waals surface area (Å²) in [6, 6.07) is 15.6. The Morgan fingerprint density at radius 1 is 1.14 bits per heavy atom. The normalized spacial score (nSPS) is 17.5. The topological polar surface area (TPSA) is 101 Å². The van der Waals surface area contributed by atoms with Gasteiger partial charge in [0.25, 0.3) is 0 Å². The molecule has 0 bridgehead atoms. The molecule has 0 unspecified atom stereocenters. The average Bonchev–Trinajstić information content (AvgIpc) is 3.64. The van der Waals surface area contributed by atoms with Crippen LogP contribution in [0.25, 0.3) is 10.9 Å². The van der Waals surface area contributed by atoms with Crippen molar-refractivity contribution in [1.29, 1.82) is 5.26 Å². The molecule has 10 heteroatoms. The summed E-state index contributed by atoms with van der Waals surface area (Å²) in [4.78, 5) is 8.80. The average molecular weight is 601 g/mol. The van der Waals surface area contributed by atoms with Crippen molar-refractivity contribution in [3.63, 3.8) is 0 Å². The lowest BCUT2D eigenvalue weighted by molar-refractivity contribution is 0.176. The number of hydrazine groups is 2. The Labute approximate surface area is 257 Å². The van der Waals surface area contributed by atoms with Gasteiger partial charge in [-0.25, -0.2) is 0 Å². The number of hydrogen-bond donors (Lipinski definition) is 4. The van der Waals surface area contributed by atoms with Crippen molar-refractivity contribution in [1.82, 2.24) is 25.9 Å². The first kappa shape index (κ1) is 26.8. The molecule has 2 aromatic heterocycles. The molecule has 1 aliphatic heterocycles. The van der Waals surface area contributed by atoms with Crippen molar-refractivity contribution in [3.05, 3.63) is 106 Å². The summed E-state index contributed by atoms with van der Waals surface area (Å²) in [7, 11) is 0. The second kappa shape index (κ2) is 11.0. The third-order valence-corrected chi connectivity index (χ3v) is 8.09. The van der Waals surface area contributed by atoms with Gasteiger partial charge in [0.15, 0.2) is 0 Å². The smallest absolute Gasteiger partial charge is 0.103 e. The van der Waals surface area contributed by atoms with Crippen LogP contribution in [0, 0.1) is 16.7 Å². The van der Waals surface area contributed by atoms with Gasteiger partial charge in [0.2, 0.25) is 0 Å². The second-order valence-corrected chi connectivity index (χ2v) is 12.6. The molecule has 3 heterocycles. The molecule has 2 aromatic carbocycles. The Morgan fingerprint density at radius 2 is 1.95 bits per heavy atom. The zero-order valence-corrected chi connectivity index (χ0v) is 25.1. The van der Waals surface area contributed by atoms with Crippen molar-refractivity contribution >= 4 is 45.5 Å². The summed E-state index contributed by atoms with van der Waals surface area (Å²) >= 11 is 13.5. The minimum atomic E-state index is -1.55. The number of pyridine rings is 2. The Hall–Kier alpha value is -4.03. The highest BCUT2D eigenvalue weighted by atomic mass is 35.5. The minimum Gasteiger partial charge on any atom is -0.383 e. The van der Waals surface area contributed by atoms with Gasteiger partial charge in [-0.1, -0.05) is 68.2 Å². The van der Waals surface area contributed by atoms with E-state index in [9.17, 15) is 6.63 Å². The predicted molar refractivity (Wildman–Crippen MR) is 169 cm³/mol.